The molecule has 1 atom stereocenters. The van der Waals surface area contributed by atoms with Gasteiger partial charge in [-0.25, -0.2) is 0 Å². The second-order valence-electron chi connectivity index (χ2n) is 5.59. The van der Waals surface area contributed by atoms with Crippen LogP contribution in [0.1, 0.15) is 38.1 Å². The maximum absolute atomic E-state index is 9.72. The topological polar surface area (TPSA) is 50.1 Å². The van der Waals surface area contributed by atoms with Crippen LogP contribution >= 0.6 is 0 Å². The summed E-state index contributed by atoms with van der Waals surface area (Å²) in [6.07, 6.45) is 1.99. The fourth-order valence-electron chi connectivity index (χ4n) is 2.10. The van der Waals surface area contributed by atoms with Crippen molar-refractivity contribution in [2.75, 3.05) is 6.61 Å². The number of hydrogen-bond donors (Lipinski definition) is 2. The number of aliphatic hydroxyl groups is 1. The second-order valence-corrected chi connectivity index (χ2v) is 5.59. The lowest BCUT2D eigenvalue weighted by molar-refractivity contribution is 0.173. The Kier molecular flexibility index (Phi) is 4.57. The summed E-state index contributed by atoms with van der Waals surface area (Å²) in [7, 11) is 0. The Morgan fingerprint density at radius 1 is 1.25 bits per heavy atom. The van der Waals surface area contributed by atoms with E-state index in [1.165, 1.54) is 0 Å². The molecule has 0 spiro atoms. The quantitative estimate of drug-likeness (QED) is 0.850. The third kappa shape index (κ3) is 3.26. The lowest BCUT2D eigenvalue weighted by Gasteiger charge is -2.29. The molecule has 2 rings (SSSR count). The summed E-state index contributed by atoms with van der Waals surface area (Å²) in [5.41, 5.74) is 1.60. The van der Waals surface area contributed by atoms with Gasteiger partial charge in [0.2, 0.25) is 0 Å². The van der Waals surface area contributed by atoms with E-state index in [9.17, 15) is 5.11 Å². The molecule has 1 aromatic carbocycles. The van der Waals surface area contributed by atoms with Crippen LogP contribution in [0, 0.1) is 0 Å². The predicted octanol–water partition coefficient (Wildman–Crippen LogP) is 2.46. The Labute approximate surface area is 120 Å². The molecule has 0 radical (unpaired) electrons. The van der Waals surface area contributed by atoms with Gasteiger partial charge in [0.05, 0.1) is 17.8 Å². The van der Waals surface area contributed by atoms with Gasteiger partial charge in [0.1, 0.15) is 0 Å². The zero-order valence-electron chi connectivity index (χ0n) is 12.4. The molecule has 2 N–H and O–H groups in total. The van der Waals surface area contributed by atoms with Crippen LogP contribution in [-0.2, 0) is 12.1 Å². The third-order valence-corrected chi connectivity index (χ3v) is 3.58. The van der Waals surface area contributed by atoms with Crippen molar-refractivity contribution in [3.05, 3.63) is 53.9 Å². The molecule has 4 heteroatoms. The molecule has 108 valence electrons. The smallest absolute Gasteiger partial charge is 0.0762 e. The zero-order valence-corrected chi connectivity index (χ0v) is 12.4. The van der Waals surface area contributed by atoms with Crippen molar-refractivity contribution in [3.63, 3.8) is 0 Å². The normalized spacial score (nSPS) is 14.4. The molecule has 2 aromatic rings. The molecule has 0 bridgehead atoms. The van der Waals surface area contributed by atoms with Crippen LogP contribution < -0.4 is 5.32 Å². The van der Waals surface area contributed by atoms with Crippen molar-refractivity contribution in [2.24, 2.45) is 0 Å². The summed E-state index contributed by atoms with van der Waals surface area (Å²) in [5, 5.41) is 17.6. The maximum Gasteiger partial charge on any atom is 0.0762 e. The van der Waals surface area contributed by atoms with Crippen molar-refractivity contribution in [3.8, 4) is 0 Å². The molecule has 0 aliphatic heterocycles. The van der Waals surface area contributed by atoms with Gasteiger partial charge in [0.15, 0.2) is 0 Å². The molecule has 20 heavy (non-hydrogen) atoms. The summed E-state index contributed by atoms with van der Waals surface area (Å²) in [6.45, 7) is 6.88. The van der Waals surface area contributed by atoms with E-state index in [1.54, 1.807) is 0 Å². The molecule has 1 unspecified atom stereocenters. The minimum Gasteiger partial charge on any atom is -0.394 e. The number of aromatic nitrogens is 2. The highest BCUT2D eigenvalue weighted by Crippen LogP contribution is 2.20. The van der Waals surface area contributed by atoms with E-state index in [4.69, 9.17) is 0 Å². The standard InChI is InChI=1S/C16H23N3O/c1-13(2)19-10-9-15(18-19)11-17-16(3,12-20)14-7-5-4-6-8-14/h4-10,13,17,20H,11-12H2,1-3H3. The van der Waals surface area contributed by atoms with E-state index in [-0.39, 0.29) is 6.61 Å². The minimum atomic E-state index is -0.455. The SMILES string of the molecule is CC(C)n1ccc(CNC(C)(CO)c2ccccc2)n1. The van der Waals surface area contributed by atoms with E-state index < -0.39 is 5.54 Å². The van der Waals surface area contributed by atoms with Gasteiger partial charge >= 0.3 is 0 Å². The molecule has 4 nitrogen and oxygen atoms in total. The van der Waals surface area contributed by atoms with E-state index >= 15 is 0 Å². The van der Waals surface area contributed by atoms with Gasteiger partial charge in [-0.15, -0.1) is 0 Å². The molecule has 0 saturated carbocycles. The first kappa shape index (κ1) is 14.8. The van der Waals surface area contributed by atoms with Crippen LogP contribution in [0.25, 0.3) is 0 Å². The van der Waals surface area contributed by atoms with Gasteiger partial charge in [-0.2, -0.15) is 5.10 Å². The monoisotopic (exact) mass is 273 g/mol. The molecule has 0 aliphatic rings. The summed E-state index contributed by atoms with van der Waals surface area (Å²) in [4.78, 5) is 0. The molecule has 0 amide bonds. The lowest BCUT2D eigenvalue weighted by atomic mass is 9.93. The van der Waals surface area contributed by atoms with E-state index in [0.717, 1.165) is 11.3 Å². The van der Waals surface area contributed by atoms with E-state index in [2.05, 4.69) is 24.3 Å². The van der Waals surface area contributed by atoms with Crippen LogP contribution in [0.2, 0.25) is 0 Å². The average molecular weight is 273 g/mol. The Morgan fingerprint density at radius 2 is 1.95 bits per heavy atom. The van der Waals surface area contributed by atoms with Gasteiger partial charge in [-0.1, -0.05) is 30.3 Å². The fourth-order valence-corrected chi connectivity index (χ4v) is 2.10. The first-order chi connectivity index (χ1) is 9.55. The van der Waals surface area contributed by atoms with E-state index in [0.29, 0.717) is 12.6 Å². The van der Waals surface area contributed by atoms with Crippen LogP contribution in [0.5, 0.6) is 0 Å². The summed E-state index contributed by atoms with van der Waals surface area (Å²) in [5.74, 6) is 0. The second kappa shape index (κ2) is 6.20. The Balaban J connectivity index is 2.07. The van der Waals surface area contributed by atoms with Crippen LogP contribution in [0.3, 0.4) is 0 Å². The van der Waals surface area contributed by atoms with Gasteiger partial charge in [-0.3, -0.25) is 10.00 Å². The molecular weight excluding hydrogens is 250 g/mol. The summed E-state index contributed by atoms with van der Waals surface area (Å²) in [6, 6.07) is 12.4. The van der Waals surface area contributed by atoms with Crippen molar-refractivity contribution in [1.29, 1.82) is 0 Å². The highest BCUT2D eigenvalue weighted by atomic mass is 16.3. The van der Waals surface area contributed by atoms with Crippen LogP contribution in [0.15, 0.2) is 42.6 Å². The third-order valence-electron chi connectivity index (χ3n) is 3.58. The molecule has 0 aliphatic carbocycles. The molecular formula is C16H23N3O. The molecule has 1 aromatic heterocycles. The zero-order chi connectivity index (χ0) is 14.6. The molecule has 0 fully saturated rings. The van der Waals surface area contributed by atoms with Crippen LogP contribution in [-0.4, -0.2) is 21.5 Å². The van der Waals surface area contributed by atoms with Crippen molar-refractivity contribution in [1.82, 2.24) is 15.1 Å². The van der Waals surface area contributed by atoms with Gasteiger partial charge < -0.3 is 5.11 Å². The largest absolute Gasteiger partial charge is 0.394 e. The van der Waals surface area contributed by atoms with Crippen LogP contribution in [0.4, 0.5) is 0 Å². The number of nitrogens with zero attached hydrogens (tertiary/aromatic N) is 2. The maximum atomic E-state index is 9.72. The van der Waals surface area contributed by atoms with E-state index in [1.807, 2.05) is 54.2 Å². The number of nitrogens with one attached hydrogen (secondary N) is 1. The van der Waals surface area contributed by atoms with Gasteiger partial charge in [0, 0.05) is 18.8 Å². The number of aliphatic hydroxyl groups excluding tert-OH is 1. The Morgan fingerprint density at radius 3 is 2.50 bits per heavy atom. The number of benzene rings is 1. The first-order valence-corrected chi connectivity index (χ1v) is 7.00. The van der Waals surface area contributed by atoms with Gasteiger partial charge in [0.25, 0.3) is 0 Å². The highest BCUT2D eigenvalue weighted by Gasteiger charge is 2.25. The minimum absolute atomic E-state index is 0.0436. The summed E-state index contributed by atoms with van der Waals surface area (Å²) < 4.78 is 1.94. The Hall–Kier alpha value is -1.65. The van der Waals surface area contributed by atoms with Crippen molar-refractivity contribution < 1.29 is 5.11 Å². The average Bonchev–Trinajstić information content (AvgIpc) is 2.95. The lowest BCUT2D eigenvalue weighted by Crippen LogP contribution is -2.42. The van der Waals surface area contributed by atoms with Crippen molar-refractivity contribution >= 4 is 0 Å². The number of rotatable bonds is 6. The van der Waals surface area contributed by atoms with Gasteiger partial charge in [-0.05, 0) is 32.4 Å². The predicted molar refractivity (Wildman–Crippen MR) is 80.3 cm³/mol. The highest BCUT2D eigenvalue weighted by molar-refractivity contribution is 5.23. The summed E-state index contributed by atoms with van der Waals surface area (Å²) >= 11 is 0. The first-order valence-electron chi connectivity index (χ1n) is 7.00. The molecule has 0 saturated heterocycles. The molecule has 1 heterocycles. The fraction of sp³-hybridized carbons (Fsp3) is 0.438. The Bertz CT molecular complexity index is 536. The van der Waals surface area contributed by atoms with Crippen molar-refractivity contribution in [2.45, 2.75) is 38.9 Å². The number of hydrogen-bond acceptors (Lipinski definition) is 3.